The van der Waals surface area contributed by atoms with Gasteiger partial charge in [0.15, 0.2) is 16.3 Å². The second kappa shape index (κ2) is 11.1. The molecule has 1 atom stereocenters. The fourth-order valence-electron chi connectivity index (χ4n) is 4.86. The SMILES string of the molecule is CCCC1=C(C(=O)OCC)[C@@H](c2ccc(C(C)C)cc2)n2c(s/c(=C\c3cc4c(cc3[N+](=O)[O-])OCO4)c2=O)=N1. The number of hydrogen-bond donors (Lipinski definition) is 0. The van der Waals surface area contributed by atoms with Crippen LogP contribution in [0.4, 0.5) is 5.69 Å². The maximum atomic E-state index is 14.0. The van der Waals surface area contributed by atoms with Crippen LogP contribution in [0, 0.1) is 10.1 Å². The molecule has 2 aliphatic rings. The molecule has 0 N–H and O–H groups in total. The molecule has 11 heteroatoms. The van der Waals surface area contributed by atoms with Crippen molar-refractivity contribution < 1.29 is 23.9 Å². The predicted octanol–water partition coefficient (Wildman–Crippen LogP) is 4.34. The molecule has 1 aromatic heterocycles. The van der Waals surface area contributed by atoms with Gasteiger partial charge in [0.25, 0.3) is 11.2 Å². The van der Waals surface area contributed by atoms with Crippen molar-refractivity contribution in [1.29, 1.82) is 0 Å². The molecule has 3 heterocycles. The van der Waals surface area contributed by atoms with E-state index in [1.807, 2.05) is 31.2 Å². The van der Waals surface area contributed by atoms with E-state index in [9.17, 15) is 19.7 Å². The number of fused-ring (bicyclic) bond motifs is 2. The Balaban J connectivity index is 1.75. The largest absolute Gasteiger partial charge is 0.463 e. The van der Waals surface area contributed by atoms with Gasteiger partial charge in [-0.1, -0.05) is 62.8 Å². The lowest BCUT2D eigenvalue weighted by Gasteiger charge is -2.26. The highest BCUT2D eigenvalue weighted by Gasteiger charge is 2.34. The first kappa shape index (κ1) is 27.3. The summed E-state index contributed by atoms with van der Waals surface area (Å²) in [5.74, 6) is 0.429. The van der Waals surface area contributed by atoms with E-state index < -0.39 is 22.5 Å². The lowest BCUT2D eigenvalue weighted by Crippen LogP contribution is -2.40. The van der Waals surface area contributed by atoms with E-state index >= 15 is 0 Å². The summed E-state index contributed by atoms with van der Waals surface area (Å²) in [5, 5.41) is 11.8. The van der Waals surface area contributed by atoms with Gasteiger partial charge >= 0.3 is 5.97 Å². The Kier molecular flexibility index (Phi) is 7.57. The zero-order valence-electron chi connectivity index (χ0n) is 22.6. The van der Waals surface area contributed by atoms with Crippen LogP contribution < -0.4 is 24.4 Å². The van der Waals surface area contributed by atoms with Crippen molar-refractivity contribution >= 4 is 29.1 Å². The van der Waals surface area contributed by atoms with E-state index in [4.69, 9.17) is 19.2 Å². The van der Waals surface area contributed by atoms with Gasteiger partial charge in [-0.3, -0.25) is 19.5 Å². The Morgan fingerprint density at radius 2 is 1.93 bits per heavy atom. The van der Waals surface area contributed by atoms with Crippen LogP contribution in [0.5, 0.6) is 11.5 Å². The lowest BCUT2D eigenvalue weighted by molar-refractivity contribution is -0.385. The average molecular weight is 564 g/mol. The summed E-state index contributed by atoms with van der Waals surface area (Å²) in [6.07, 6.45) is 2.72. The summed E-state index contributed by atoms with van der Waals surface area (Å²) in [5.41, 5.74) is 2.35. The van der Waals surface area contributed by atoms with Crippen molar-refractivity contribution in [2.75, 3.05) is 13.4 Å². The van der Waals surface area contributed by atoms with Crippen LogP contribution in [0.25, 0.3) is 6.08 Å². The van der Waals surface area contributed by atoms with Gasteiger partial charge in [-0.25, -0.2) is 9.79 Å². The number of aromatic nitrogens is 1. The smallest absolute Gasteiger partial charge is 0.338 e. The molecule has 0 fully saturated rings. The third-order valence-corrected chi connectivity index (χ3v) is 7.80. The normalized spacial score (nSPS) is 16.2. The highest BCUT2D eigenvalue weighted by Crippen LogP contribution is 2.38. The zero-order chi connectivity index (χ0) is 28.6. The Morgan fingerprint density at radius 1 is 1.23 bits per heavy atom. The monoisotopic (exact) mass is 563 g/mol. The van der Waals surface area contributed by atoms with Crippen LogP contribution in [0.15, 0.2) is 57.5 Å². The van der Waals surface area contributed by atoms with Gasteiger partial charge in [0.05, 0.1) is 45.0 Å². The van der Waals surface area contributed by atoms with E-state index in [-0.39, 0.29) is 34.9 Å². The minimum absolute atomic E-state index is 0.0371. The number of thiazole rings is 1. The van der Waals surface area contributed by atoms with Gasteiger partial charge in [0.1, 0.15) is 0 Å². The second-order valence-corrected chi connectivity index (χ2v) is 10.8. The zero-order valence-corrected chi connectivity index (χ0v) is 23.4. The molecular weight excluding hydrogens is 534 g/mol. The number of nitrogens with zero attached hydrogens (tertiary/aromatic N) is 3. The van der Waals surface area contributed by atoms with Crippen molar-refractivity contribution in [3.05, 3.63) is 94.2 Å². The first-order chi connectivity index (χ1) is 19.2. The third kappa shape index (κ3) is 4.92. The fourth-order valence-corrected chi connectivity index (χ4v) is 5.87. The molecule has 2 aromatic carbocycles. The molecule has 0 saturated heterocycles. The van der Waals surface area contributed by atoms with Crippen LogP contribution >= 0.6 is 11.3 Å². The van der Waals surface area contributed by atoms with E-state index in [1.54, 1.807) is 6.92 Å². The Bertz CT molecular complexity index is 1700. The number of nitro benzene ring substituents is 1. The van der Waals surface area contributed by atoms with Gasteiger partial charge in [0.2, 0.25) is 6.79 Å². The van der Waals surface area contributed by atoms with Crippen LogP contribution in [0.1, 0.15) is 69.2 Å². The lowest BCUT2D eigenvalue weighted by atomic mass is 9.92. The maximum Gasteiger partial charge on any atom is 0.338 e. The van der Waals surface area contributed by atoms with Gasteiger partial charge in [-0.05, 0) is 42.5 Å². The first-order valence-electron chi connectivity index (χ1n) is 13.1. The molecule has 0 unspecified atom stereocenters. The molecule has 40 heavy (non-hydrogen) atoms. The minimum Gasteiger partial charge on any atom is -0.463 e. The van der Waals surface area contributed by atoms with Crippen molar-refractivity contribution in [2.24, 2.45) is 4.99 Å². The Hall–Kier alpha value is -4.25. The van der Waals surface area contributed by atoms with Crippen LogP contribution in [0.3, 0.4) is 0 Å². The summed E-state index contributed by atoms with van der Waals surface area (Å²) in [7, 11) is 0. The number of nitro groups is 1. The quantitative estimate of drug-likeness (QED) is 0.227. The number of rotatable bonds is 8. The summed E-state index contributed by atoms with van der Waals surface area (Å²) in [4.78, 5) is 43.8. The number of carbonyl (C=O) groups excluding carboxylic acids is 1. The fraction of sp³-hybridized carbons (Fsp3) is 0.345. The van der Waals surface area contributed by atoms with Gasteiger partial charge in [-0.15, -0.1) is 0 Å². The van der Waals surface area contributed by atoms with Crippen molar-refractivity contribution in [1.82, 2.24) is 4.57 Å². The first-order valence-corrected chi connectivity index (χ1v) is 13.9. The van der Waals surface area contributed by atoms with E-state index in [0.717, 1.165) is 28.9 Å². The number of benzene rings is 2. The van der Waals surface area contributed by atoms with Gasteiger partial charge in [0, 0.05) is 0 Å². The highest BCUT2D eigenvalue weighted by atomic mass is 32.1. The molecule has 0 radical (unpaired) electrons. The van der Waals surface area contributed by atoms with Gasteiger partial charge < -0.3 is 14.2 Å². The Morgan fingerprint density at radius 3 is 2.55 bits per heavy atom. The average Bonchev–Trinajstić information content (AvgIpc) is 3.51. The number of carbonyl (C=O) groups is 1. The van der Waals surface area contributed by atoms with E-state index in [1.165, 1.54) is 22.8 Å². The molecule has 208 valence electrons. The maximum absolute atomic E-state index is 14.0. The second-order valence-electron chi connectivity index (χ2n) is 9.76. The number of esters is 1. The Labute approximate surface area is 234 Å². The molecule has 10 nitrogen and oxygen atoms in total. The third-order valence-electron chi connectivity index (χ3n) is 6.82. The number of hydrogen-bond acceptors (Lipinski definition) is 9. The van der Waals surface area contributed by atoms with Crippen molar-refractivity contribution in [2.45, 2.75) is 52.5 Å². The van der Waals surface area contributed by atoms with E-state index in [0.29, 0.717) is 34.2 Å². The van der Waals surface area contributed by atoms with Crippen molar-refractivity contribution in [3.63, 3.8) is 0 Å². The molecule has 2 aliphatic heterocycles. The summed E-state index contributed by atoms with van der Waals surface area (Å²) in [6.45, 7) is 8.06. The highest BCUT2D eigenvalue weighted by molar-refractivity contribution is 7.07. The standard InChI is InChI=1S/C29H29N3O7S/c1-5-7-20-25(28(34)37-6-2)26(18-10-8-17(9-11-18)16(3)4)31-27(33)24(40-29(31)30-20)13-19-12-22-23(39-15-38-22)14-21(19)32(35)36/h8-14,16,26H,5-7,15H2,1-4H3/b24-13-/t26-/m1/s1. The molecule has 0 aliphatic carbocycles. The summed E-state index contributed by atoms with van der Waals surface area (Å²) < 4.78 is 17.9. The summed E-state index contributed by atoms with van der Waals surface area (Å²) >= 11 is 1.12. The summed E-state index contributed by atoms with van der Waals surface area (Å²) in [6, 6.07) is 9.87. The number of ether oxygens (including phenoxy) is 3. The topological polar surface area (TPSA) is 122 Å². The van der Waals surface area contributed by atoms with Crippen molar-refractivity contribution in [3.8, 4) is 11.5 Å². The molecule has 0 saturated carbocycles. The molecular formula is C29H29N3O7S. The molecule has 0 spiro atoms. The van der Waals surface area contributed by atoms with Crippen LogP contribution in [-0.2, 0) is 9.53 Å². The van der Waals surface area contributed by atoms with Crippen LogP contribution in [-0.4, -0.2) is 28.9 Å². The number of allylic oxidation sites excluding steroid dienone is 1. The predicted molar refractivity (Wildman–Crippen MR) is 149 cm³/mol. The molecule has 3 aromatic rings. The van der Waals surface area contributed by atoms with Crippen LogP contribution in [0.2, 0.25) is 0 Å². The van der Waals surface area contributed by atoms with E-state index in [2.05, 4.69) is 13.8 Å². The molecule has 0 amide bonds. The molecule has 0 bridgehead atoms. The molecule has 5 rings (SSSR count). The minimum atomic E-state index is -0.757. The van der Waals surface area contributed by atoms with Gasteiger partial charge in [-0.2, -0.15) is 0 Å².